The van der Waals surface area contributed by atoms with Gasteiger partial charge < -0.3 is 9.47 Å². The van der Waals surface area contributed by atoms with E-state index in [4.69, 9.17) is 21.1 Å². The van der Waals surface area contributed by atoms with Crippen LogP contribution in [-0.4, -0.2) is 22.7 Å². The van der Waals surface area contributed by atoms with Gasteiger partial charge in [-0.1, -0.05) is 23.7 Å². The van der Waals surface area contributed by atoms with Crippen LogP contribution >= 0.6 is 11.6 Å². The van der Waals surface area contributed by atoms with Crippen molar-refractivity contribution in [1.82, 2.24) is 9.78 Å². The van der Waals surface area contributed by atoms with E-state index in [2.05, 4.69) is 5.10 Å². The number of allylic oxidation sites excluding steroid dienone is 1. The van der Waals surface area contributed by atoms with Crippen molar-refractivity contribution >= 4 is 23.5 Å². The van der Waals surface area contributed by atoms with Crippen LogP contribution in [0.5, 0.6) is 11.5 Å². The maximum Gasteiger partial charge on any atom is 0.189 e. The van der Waals surface area contributed by atoms with E-state index < -0.39 is 0 Å². The van der Waals surface area contributed by atoms with Gasteiger partial charge in [0.15, 0.2) is 5.78 Å². The molecule has 0 N–H and O–H groups in total. The molecule has 0 amide bonds. The lowest BCUT2D eigenvalue weighted by Crippen LogP contribution is -2.00. The smallest absolute Gasteiger partial charge is 0.189 e. The fourth-order valence-corrected chi connectivity index (χ4v) is 3.28. The van der Waals surface area contributed by atoms with Gasteiger partial charge in [0.25, 0.3) is 0 Å². The molecule has 0 saturated heterocycles. The summed E-state index contributed by atoms with van der Waals surface area (Å²) in [6, 6.07) is 11.2. The molecule has 0 unspecified atom stereocenters. The Balaban J connectivity index is 1.77. The van der Waals surface area contributed by atoms with Crippen LogP contribution in [0, 0.1) is 13.8 Å². The van der Waals surface area contributed by atoms with Crippen LogP contribution in [0.3, 0.4) is 0 Å². The van der Waals surface area contributed by atoms with Crippen molar-refractivity contribution in [3.8, 4) is 11.5 Å². The number of benzene rings is 2. The van der Waals surface area contributed by atoms with Gasteiger partial charge in [0.2, 0.25) is 0 Å². The fraction of sp³-hybridized carbons (Fsp3) is 0.217. The minimum atomic E-state index is -0.0824. The van der Waals surface area contributed by atoms with Crippen LogP contribution in [0.1, 0.15) is 32.7 Å². The van der Waals surface area contributed by atoms with Crippen LogP contribution in [0.25, 0.3) is 6.08 Å². The van der Waals surface area contributed by atoms with Crippen LogP contribution in [0.15, 0.2) is 48.7 Å². The number of hydrogen-bond donors (Lipinski definition) is 0. The number of halogens is 1. The van der Waals surface area contributed by atoms with E-state index in [1.54, 1.807) is 43.3 Å². The number of hydrogen-bond acceptors (Lipinski definition) is 4. The first-order valence-electron chi connectivity index (χ1n) is 9.16. The number of ketones is 1. The molecule has 0 spiro atoms. The maximum atomic E-state index is 12.4. The molecule has 0 aliphatic rings. The Morgan fingerprint density at radius 3 is 2.59 bits per heavy atom. The van der Waals surface area contributed by atoms with Crippen molar-refractivity contribution in [1.29, 1.82) is 0 Å². The monoisotopic (exact) mass is 410 g/mol. The number of nitrogens with zero attached hydrogens (tertiary/aromatic N) is 2. The van der Waals surface area contributed by atoms with E-state index in [0.717, 1.165) is 28.2 Å². The summed E-state index contributed by atoms with van der Waals surface area (Å²) in [6.45, 7) is 4.11. The van der Waals surface area contributed by atoms with Gasteiger partial charge in [0.1, 0.15) is 18.1 Å². The average molecular weight is 411 g/mol. The minimum Gasteiger partial charge on any atom is -0.496 e. The Kier molecular flexibility index (Phi) is 6.39. The zero-order chi connectivity index (χ0) is 21.0. The highest BCUT2D eigenvalue weighted by molar-refractivity contribution is 6.30. The lowest BCUT2D eigenvalue weighted by atomic mass is 10.1. The summed E-state index contributed by atoms with van der Waals surface area (Å²) >= 11 is 6.00. The highest BCUT2D eigenvalue weighted by Gasteiger charge is 2.10. The van der Waals surface area contributed by atoms with Crippen LogP contribution in [0.4, 0.5) is 0 Å². The molecular formula is C23H23ClN2O3. The third-order valence-electron chi connectivity index (χ3n) is 4.53. The normalized spacial score (nSPS) is 11.1. The van der Waals surface area contributed by atoms with E-state index in [1.165, 1.54) is 0 Å². The van der Waals surface area contributed by atoms with Crippen molar-refractivity contribution < 1.29 is 14.3 Å². The fourth-order valence-electron chi connectivity index (χ4n) is 3.05. The number of carbonyl (C=O) groups excluding carboxylic acids is 1. The lowest BCUT2D eigenvalue weighted by molar-refractivity contribution is 0.104. The Hall–Kier alpha value is -3.05. The Morgan fingerprint density at radius 1 is 1.17 bits per heavy atom. The molecule has 5 nitrogen and oxygen atoms in total. The third-order valence-corrected chi connectivity index (χ3v) is 4.77. The molecule has 1 aromatic heterocycles. The quantitative estimate of drug-likeness (QED) is 0.398. The zero-order valence-electron chi connectivity index (χ0n) is 16.9. The highest BCUT2D eigenvalue weighted by atomic mass is 35.5. The SMILES string of the molecule is COc1ccc(/C=C/C(=O)c2cn(C)nc2C)cc1COc1ccc(Cl)cc1C. The standard InChI is InChI=1S/C23H23ClN2O3/c1-15-11-19(24)7-10-22(15)29-14-18-12-17(6-9-23(18)28-4)5-8-21(27)20-13-26(3)25-16(20)2/h5-13H,14H2,1-4H3/b8-5+. The summed E-state index contributed by atoms with van der Waals surface area (Å²) < 4.78 is 13.0. The predicted octanol–water partition coefficient (Wildman–Crippen LogP) is 5.17. The first kappa shape index (κ1) is 20.7. The molecule has 0 radical (unpaired) electrons. The number of methoxy groups -OCH3 is 1. The van der Waals surface area contributed by atoms with Crippen LogP contribution < -0.4 is 9.47 Å². The first-order valence-corrected chi connectivity index (χ1v) is 9.53. The second-order valence-electron chi connectivity index (χ2n) is 6.77. The minimum absolute atomic E-state index is 0.0824. The van der Waals surface area contributed by atoms with Gasteiger partial charge in [-0.15, -0.1) is 0 Å². The third kappa shape index (κ3) is 5.06. The molecule has 0 aliphatic carbocycles. The number of aryl methyl sites for hydroxylation is 3. The second-order valence-corrected chi connectivity index (χ2v) is 7.21. The second kappa shape index (κ2) is 8.97. The lowest BCUT2D eigenvalue weighted by Gasteiger charge is -2.13. The molecule has 0 bridgehead atoms. The van der Waals surface area contributed by atoms with Crippen molar-refractivity contribution in [2.75, 3.05) is 7.11 Å². The number of rotatable bonds is 7. The molecule has 2 aromatic carbocycles. The van der Waals surface area contributed by atoms with Crippen LogP contribution in [-0.2, 0) is 13.7 Å². The summed E-state index contributed by atoms with van der Waals surface area (Å²) in [6.07, 6.45) is 5.06. The number of ether oxygens (including phenoxy) is 2. The van der Waals surface area contributed by atoms with Gasteiger partial charge in [-0.3, -0.25) is 9.48 Å². The van der Waals surface area contributed by atoms with Gasteiger partial charge in [-0.05, 0) is 61.4 Å². The summed E-state index contributed by atoms with van der Waals surface area (Å²) in [5.41, 5.74) is 4.04. The Morgan fingerprint density at radius 2 is 1.93 bits per heavy atom. The molecule has 29 heavy (non-hydrogen) atoms. The summed E-state index contributed by atoms with van der Waals surface area (Å²) in [7, 11) is 3.42. The summed E-state index contributed by atoms with van der Waals surface area (Å²) in [4.78, 5) is 12.4. The molecule has 0 saturated carbocycles. The average Bonchev–Trinajstić information content (AvgIpc) is 3.03. The maximum absolute atomic E-state index is 12.4. The molecule has 150 valence electrons. The van der Waals surface area contributed by atoms with E-state index >= 15 is 0 Å². The van der Waals surface area contributed by atoms with Gasteiger partial charge in [-0.2, -0.15) is 5.10 Å². The molecule has 0 atom stereocenters. The van der Waals surface area contributed by atoms with Gasteiger partial charge in [0.05, 0.1) is 18.4 Å². The molecule has 3 aromatic rings. The topological polar surface area (TPSA) is 53.4 Å². The summed E-state index contributed by atoms with van der Waals surface area (Å²) in [5, 5.41) is 4.88. The largest absolute Gasteiger partial charge is 0.496 e. The molecule has 0 fully saturated rings. The van der Waals surface area contributed by atoms with Crippen LogP contribution in [0.2, 0.25) is 5.02 Å². The van der Waals surface area contributed by atoms with E-state index in [-0.39, 0.29) is 5.78 Å². The number of aromatic nitrogens is 2. The zero-order valence-corrected chi connectivity index (χ0v) is 17.7. The highest BCUT2D eigenvalue weighted by Crippen LogP contribution is 2.26. The van der Waals surface area contributed by atoms with Crippen molar-refractivity contribution in [3.05, 3.63) is 81.6 Å². The van der Waals surface area contributed by atoms with Gasteiger partial charge >= 0.3 is 0 Å². The Labute approximate surface area is 175 Å². The molecular weight excluding hydrogens is 388 g/mol. The van der Waals surface area contributed by atoms with Crippen molar-refractivity contribution in [2.24, 2.45) is 7.05 Å². The van der Waals surface area contributed by atoms with Crippen molar-refractivity contribution in [2.45, 2.75) is 20.5 Å². The van der Waals surface area contributed by atoms with E-state index in [1.807, 2.05) is 44.2 Å². The van der Waals surface area contributed by atoms with Gasteiger partial charge in [-0.25, -0.2) is 0 Å². The number of carbonyl (C=O) groups is 1. The predicted molar refractivity (Wildman–Crippen MR) is 115 cm³/mol. The van der Waals surface area contributed by atoms with Crippen molar-refractivity contribution in [3.63, 3.8) is 0 Å². The molecule has 0 aliphatic heterocycles. The molecule has 6 heteroatoms. The summed E-state index contributed by atoms with van der Waals surface area (Å²) in [5.74, 6) is 1.41. The van der Waals surface area contributed by atoms with E-state index in [0.29, 0.717) is 22.9 Å². The van der Waals surface area contributed by atoms with Gasteiger partial charge in [0, 0.05) is 23.8 Å². The Bertz CT molecular complexity index is 1070. The molecule has 3 rings (SSSR count). The first-order chi connectivity index (χ1) is 13.9. The van der Waals surface area contributed by atoms with E-state index in [9.17, 15) is 4.79 Å². The molecule has 1 heterocycles.